The predicted molar refractivity (Wildman–Crippen MR) is 86.6 cm³/mol. The second-order valence-electron chi connectivity index (χ2n) is 5.26. The summed E-state index contributed by atoms with van der Waals surface area (Å²) in [4.78, 5) is 25.6. The van der Waals surface area contributed by atoms with E-state index in [9.17, 15) is 9.59 Å². The number of hydrogen-bond donors (Lipinski definition) is 3. The number of nitrogens with one attached hydrogen (secondary N) is 2. The lowest BCUT2D eigenvalue weighted by Gasteiger charge is -2.31. The van der Waals surface area contributed by atoms with E-state index in [1.807, 2.05) is 4.90 Å². The van der Waals surface area contributed by atoms with Gasteiger partial charge in [-0.2, -0.15) is 0 Å². The summed E-state index contributed by atoms with van der Waals surface area (Å²) in [5.41, 5.74) is 2.64. The van der Waals surface area contributed by atoms with E-state index >= 15 is 0 Å². The van der Waals surface area contributed by atoms with Crippen LogP contribution in [0, 0.1) is 5.92 Å². The van der Waals surface area contributed by atoms with Crippen molar-refractivity contribution in [2.75, 3.05) is 25.0 Å². The van der Waals surface area contributed by atoms with Gasteiger partial charge in [0.25, 0.3) is 0 Å². The van der Waals surface area contributed by atoms with Gasteiger partial charge in [0.15, 0.2) is 0 Å². The standard InChI is InChI=1S/C14H18Cl2N4O2/c15-10-3-4-11(16)12(6-10)18-13(21)8-20-5-1-2-9(7-20)14(22)19-17/h3-4,6,9H,1-2,5,7-8,17H2,(H,18,21)(H,19,22)/t9-/m0/s1. The lowest BCUT2D eigenvalue weighted by molar-refractivity contribution is -0.128. The van der Waals surface area contributed by atoms with Crippen LogP contribution in [0.2, 0.25) is 10.0 Å². The minimum absolute atomic E-state index is 0.179. The van der Waals surface area contributed by atoms with Crippen molar-refractivity contribution in [3.05, 3.63) is 28.2 Å². The van der Waals surface area contributed by atoms with Gasteiger partial charge in [0.2, 0.25) is 11.8 Å². The van der Waals surface area contributed by atoms with E-state index in [1.54, 1.807) is 18.2 Å². The summed E-state index contributed by atoms with van der Waals surface area (Å²) in [5, 5.41) is 3.66. The highest BCUT2D eigenvalue weighted by Gasteiger charge is 2.26. The Labute approximate surface area is 138 Å². The van der Waals surface area contributed by atoms with Crippen LogP contribution in [0.15, 0.2) is 18.2 Å². The molecular weight excluding hydrogens is 327 g/mol. The van der Waals surface area contributed by atoms with Crippen LogP contribution in [-0.4, -0.2) is 36.3 Å². The van der Waals surface area contributed by atoms with Crippen LogP contribution in [0.1, 0.15) is 12.8 Å². The van der Waals surface area contributed by atoms with Gasteiger partial charge in [0.1, 0.15) is 0 Å². The molecule has 1 aromatic rings. The zero-order valence-electron chi connectivity index (χ0n) is 11.9. The highest BCUT2D eigenvalue weighted by atomic mass is 35.5. The van der Waals surface area contributed by atoms with Gasteiger partial charge in [0, 0.05) is 11.6 Å². The molecule has 0 spiro atoms. The third-order valence-electron chi connectivity index (χ3n) is 3.59. The highest BCUT2D eigenvalue weighted by molar-refractivity contribution is 6.35. The number of amides is 2. The molecule has 6 nitrogen and oxygen atoms in total. The molecule has 0 unspecified atom stereocenters. The first kappa shape index (κ1) is 17.0. The Morgan fingerprint density at radius 2 is 2.14 bits per heavy atom. The minimum atomic E-state index is -0.196. The number of hydrazine groups is 1. The van der Waals surface area contributed by atoms with Crippen LogP contribution in [0.5, 0.6) is 0 Å². The van der Waals surface area contributed by atoms with Crippen LogP contribution >= 0.6 is 23.2 Å². The van der Waals surface area contributed by atoms with Crippen molar-refractivity contribution in [3.63, 3.8) is 0 Å². The van der Waals surface area contributed by atoms with E-state index in [1.165, 1.54) is 0 Å². The first-order valence-corrected chi connectivity index (χ1v) is 7.73. The van der Waals surface area contributed by atoms with Crippen molar-refractivity contribution in [1.82, 2.24) is 10.3 Å². The molecule has 120 valence electrons. The van der Waals surface area contributed by atoms with Gasteiger partial charge in [-0.15, -0.1) is 0 Å². The number of piperidine rings is 1. The molecule has 0 radical (unpaired) electrons. The summed E-state index contributed by atoms with van der Waals surface area (Å²) in [6, 6.07) is 4.88. The predicted octanol–water partition coefficient (Wildman–Crippen LogP) is 1.63. The van der Waals surface area contributed by atoms with E-state index in [2.05, 4.69) is 10.7 Å². The number of hydrogen-bond acceptors (Lipinski definition) is 4. The SMILES string of the molecule is NNC(=O)[C@H]1CCCN(CC(=O)Nc2cc(Cl)ccc2Cl)C1. The topological polar surface area (TPSA) is 87.5 Å². The van der Waals surface area contributed by atoms with Crippen molar-refractivity contribution < 1.29 is 9.59 Å². The number of halogens is 2. The van der Waals surface area contributed by atoms with Crippen molar-refractivity contribution in [2.45, 2.75) is 12.8 Å². The molecule has 1 fully saturated rings. The number of carbonyl (C=O) groups excluding carboxylic acids is 2. The zero-order chi connectivity index (χ0) is 16.1. The molecule has 0 saturated carbocycles. The maximum atomic E-state index is 12.1. The molecule has 1 atom stereocenters. The number of rotatable bonds is 4. The summed E-state index contributed by atoms with van der Waals surface area (Å²) in [7, 11) is 0. The minimum Gasteiger partial charge on any atom is -0.324 e. The van der Waals surface area contributed by atoms with Gasteiger partial charge in [-0.1, -0.05) is 23.2 Å². The van der Waals surface area contributed by atoms with Crippen molar-refractivity contribution in [1.29, 1.82) is 0 Å². The van der Waals surface area contributed by atoms with Gasteiger partial charge in [0.05, 0.1) is 23.2 Å². The zero-order valence-corrected chi connectivity index (χ0v) is 13.5. The monoisotopic (exact) mass is 344 g/mol. The number of benzene rings is 1. The fourth-order valence-electron chi connectivity index (χ4n) is 2.52. The molecule has 1 saturated heterocycles. The molecule has 2 amide bonds. The van der Waals surface area contributed by atoms with Gasteiger partial charge < -0.3 is 5.32 Å². The Morgan fingerprint density at radius 1 is 1.36 bits per heavy atom. The quantitative estimate of drug-likeness (QED) is 0.440. The average molecular weight is 345 g/mol. The molecule has 0 aromatic heterocycles. The smallest absolute Gasteiger partial charge is 0.238 e. The first-order chi connectivity index (χ1) is 10.5. The molecule has 22 heavy (non-hydrogen) atoms. The Hall–Kier alpha value is -1.34. The Bertz CT molecular complexity index is 568. The van der Waals surface area contributed by atoms with Gasteiger partial charge >= 0.3 is 0 Å². The van der Waals surface area contributed by atoms with E-state index < -0.39 is 0 Å². The molecule has 0 bridgehead atoms. The Balaban J connectivity index is 1.91. The van der Waals surface area contributed by atoms with Crippen LogP contribution in [0.25, 0.3) is 0 Å². The summed E-state index contributed by atoms with van der Waals surface area (Å²) >= 11 is 11.9. The molecule has 4 N–H and O–H groups in total. The van der Waals surface area contributed by atoms with Crippen molar-refractivity contribution in [3.8, 4) is 0 Å². The van der Waals surface area contributed by atoms with Crippen LogP contribution in [-0.2, 0) is 9.59 Å². The normalized spacial score (nSPS) is 18.8. The van der Waals surface area contributed by atoms with E-state index in [0.29, 0.717) is 22.3 Å². The molecule has 2 rings (SSSR count). The fourth-order valence-corrected chi connectivity index (χ4v) is 2.85. The number of nitrogens with zero attached hydrogens (tertiary/aromatic N) is 1. The largest absolute Gasteiger partial charge is 0.324 e. The van der Waals surface area contributed by atoms with Gasteiger partial charge in [-0.25, -0.2) is 5.84 Å². The van der Waals surface area contributed by atoms with Crippen molar-refractivity contribution in [2.24, 2.45) is 11.8 Å². The average Bonchev–Trinajstić information content (AvgIpc) is 2.50. The summed E-state index contributed by atoms with van der Waals surface area (Å²) < 4.78 is 0. The third-order valence-corrected chi connectivity index (χ3v) is 4.15. The third kappa shape index (κ3) is 4.58. The fraction of sp³-hybridized carbons (Fsp3) is 0.429. The molecule has 1 aromatic carbocycles. The second-order valence-corrected chi connectivity index (χ2v) is 6.10. The maximum absolute atomic E-state index is 12.1. The maximum Gasteiger partial charge on any atom is 0.238 e. The molecule has 1 aliphatic heterocycles. The van der Waals surface area contributed by atoms with Crippen LogP contribution in [0.4, 0.5) is 5.69 Å². The number of nitrogens with two attached hydrogens (primary N) is 1. The van der Waals surface area contributed by atoms with E-state index in [-0.39, 0.29) is 24.3 Å². The molecule has 0 aliphatic carbocycles. The molecule has 1 heterocycles. The van der Waals surface area contributed by atoms with Gasteiger partial charge in [-0.3, -0.25) is 19.9 Å². The number of carbonyl (C=O) groups is 2. The summed E-state index contributed by atoms with van der Waals surface area (Å²) in [5.74, 6) is 4.59. The first-order valence-electron chi connectivity index (χ1n) is 6.97. The summed E-state index contributed by atoms with van der Waals surface area (Å²) in [6.45, 7) is 1.47. The van der Waals surface area contributed by atoms with E-state index in [4.69, 9.17) is 29.0 Å². The summed E-state index contributed by atoms with van der Waals surface area (Å²) in [6.07, 6.45) is 1.63. The molecular formula is C14H18Cl2N4O2. The Kier molecular flexibility index (Phi) is 6.02. The lowest BCUT2D eigenvalue weighted by atomic mass is 9.97. The lowest BCUT2D eigenvalue weighted by Crippen LogP contribution is -2.46. The Morgan fingerprint density at radius 3 is 2.86 bits per heavy atom. The molecule has 8 heteroatoms. The van der Waals surface area contributed by atoms with E-state index in [0.717, 1.165) is 19.4 Å². The van der Waals surface area contributed by atoms with Crippen LogP contribution < -0.4 is 16.6 Å². The van der Waals surface area contributed by atoms with Crippen molar-refractivity contribution >= 4 is 40.7 Å². The van der Waals surface area contributed by atoms with Gasteiger partial charge in [-0.05, 0) is 37.6 Å². The van der Waals surface area contributed by atoms with Crippen LogP contribution in [0.3, 0.4) is 0 Å². The second kappa shape index (κ2) is 7.78. The number of likely N-dealkylation sites (tertiary alicyclic amines) is 1. The molecule has 1 aliphatic rings. The number of anilines is 1. The highest BCUT2D eigenvalue weighted by Crippen LogP contribution is 2.25.